The van der Waals surface area contributed by atoms with Crippen LogP contribution >= 0.6 is 0 Å². The predicted molar refractivity (Wildman–Crippen MR) is 110 cm³/mol. The van der Waals surface area contributed by atoms with Gasteiger partial charge in [-0.3, -0.25) is 0 Å². The maximum Gasteiger partial charge on any atom is 0.0625 e. The summed E-state index contributed by atoms with van der Waals surface area (Å²) in [5, 5.41) is 0. The van der Waals surface area contributed by atoms with Gasteiger partial charge in [-0.2, -0.15) is 5.92 Å². The Balaban J connectivity index is 0.00000210. The summed E-state index contributed by atoms with van der Waals surface area (Å²) in [5.41, 5.74) is 1.44. The van der Waals surface area contributed by atoms with E-state index in [1.54, 1.807) is 0 Å². The molecule has 0 aromatic carbocycles. The van der Waals surface area contributed by atoms with Crippen molar-refractivity contribution in [1.29, 1.82) is 0 Å². The van der Waals surface area contributed by atoms with Crippen LogP contribution in [0, 0.1) is 58.7 Å². The van der Waals surface area contributed by atoms with Gasteiger partial charge in [-0.05, 0) is 84.9 Å². The standard InChI is InChI=1S/C25H43O.Y/c1-16(2)18-9-10-19-17-8-11-21-23(3,4)22(26-7)13-15-25(21,6)20(17)12-14-24(18,19)5;/h16-22H,1,8-15H2,2-7H3;/q-1;. The zero-order chi connectivity index (χ0) is 18.9. The molecular formula is C25H43OY-. The van der Waals surface area contributed by atoms with Crippen LogP contribution in [0.25, 0.3) is 0 Å². The maximum absolute atomic E-state index is 5.96. The molecule has 4 aliphatic carbocycles. The Morgan fingerprint density at radius 3 is 2.11 bits per heavy atom. The van der Waals surface area contributed by atoms with Crippen LogP contribution in [-0.4, -0.2) is 13.2 Å². The first kappa shape index (κ1) is 22.7. The molecule has 27 heavy (non-hydrogen) atoms. The van der Waals surface area contributed by atoms with E-state index in [1.807, 2.05) is 7.11 Å². The van der Waals surface area contributed by atoms with Gasteiger partial charge in [-0.25, -0.2) is 0 Å². The zero-order valence-electron chi connectivity index (χ0n) is 18.9. The molecule has 1 nitrogen and oxygen atoms in total. The molecule has 4 aliphatic rings. The van der Waals surface area contributed by atoms with Gasteiger partial charge in [0.15, 0.2) is 0 Å². The molecule has 4 fully saturated rings. The van der Waals surface area contributed by atoms with Crippen LogP contribution in [-0.2, 0) is 37.4 Å². The van der Waals surface area contributed by atoms with Crippen molar-refractivity contribution in [2.45, 2.75) is 92.1 Å². The summed E-state index contributed by atoms with van der Waals surface area (Å²) in [4.78, 5) is 0. The minimum atomic E-state index is 0. The molecule has 2 heteroatoms. The summed E-state index contributed by atoms with van der Waals surface area (Å²) in [7, 11) is 1.94. The monoisotopic (exact) mass is 448 g/mol. The smallest absolute Gasteiger partial charge is 0.0625 e. The fourth-order valence-electron chi connectivity index (χ4n) is 9.47. The average molecular weight is 449 g/mol. The van der Waals surface area contributed by atoms with E-state index in [4.69, 9.17) is 4.74 Å². The van der Waals surface area contributed by atoms with Crippen molar-refractivity contribution in [1.82, 2.24) is 0 Å². The molecule has 0 aromatic heterocycles. The van der Waals surface area contributed by atoms with E-state index in [0.717, 1.165) is 29.6 Å². The number of rotatable bonds is 2. The van der Waals surface area contributed by atoms with Crippen molar-refractivity contribution < 1.29 is 37.4 Å². The Morgan fingerprint density at radius 1 is 0.852 bits per heavy atom. The van der Waals surface area contributed by atoms with E-state index in [0.29, 0.717) is 28.3 Å². The summed E-state index contributed by atoms with van der Waals surface area (Å²) in [5.74, 6) is 5.22. The van der Waals surface area contributed by atoms with Gasteiger partial charge in [0, 0.05) is 39.8 Å². The largest absolute Gasteiger partial charge is 0.381 e. The van der Waals surface area contributed by atoms with Crippen LogP contribution in [0.2, 0.25) is 0 Å². The van der Waals surface area contributed by atoms with Gasteiger partial charge in [-0.1, -0.05) is 47.0 Å². The molecule has 0 aromatic rings. The van der Waals surface area contributed by atoms with Gasteiger partial charge in [0.25, 0.3) is 0 Å². The third kappa shape index (κ3) is 3.18. The molecule has 153 valence electrons. The summed E-state index contributed by atoms with van der Waals surface area (Å²) in [6.45, 7) is 17.2. The van der Waals surface area contributed by atoms with Gasteiger partial charge in [0.1, 0.15) is 0 Å². The Hall–Kier alpha value is 1.06. The fraction of sp³-hybridized carbons (Fsp3) is 0.960. The Morgan fingerprint density at radius 2 is 1.48 bits per heavy atom. The Kier molecular flexibility index (Phi) is 6.43. The molecule has 9 atom stereocenters. The van der Waals surface area contributed by atoms with Gasteiger partial charge in [-0.15, -0.1) is 0 Å². The van der Waals surface area contributed by atoms with E-state index >= 15 is 0 Å². The number of hydrogen-bond acceptors (Lipinski definition) is 1. The van der Waals surface area contributed by atoms with E-state index in [1.165, 1.54) is 51.4 Å². The minimum absolute atomic E-state index is 0. The van der Waals surface area contributed by atoms with Crippen molar-refractivity contribution in [2.24, 2.45) is 51.8 Å². The Labute approximate surface area is 194 Å². The third-order valence-electron chi connectivity index (χ3n) is 10.6. The zero-order valence-corrected chi connectivity index (χ0v) is 21.7. The van der Waals surface area contributed by atoms with Crippen LogP contribution in [0.4, 0.5) is 0 Å². The van der Waals surface area contributed by atoms with Crippen molar-refractivity contribution in [2.75, 3.05) is 7.11 Å². The number of ether oxygens (including phenoxy) is 1. The van der Waals surface area contributed by atoms with Crippen molar-refractivity contribution in [3.63, 3.8) is 0 Å². The fourth-order valence-corrected chi connectivity index (χ4v) is 9.47. The molecule has 0 saturated heterocycles. The van der Waals surface area contributed by atoms with Gasteiger partial charge >= 0.3 is 0 Å². The van der Waals surface area contributed by atoms with Crippen LogP contribution in [0.5, 0.6) is 0 Å². The SMILES string of the molecule is [CH2-]C(C)C1CCC2C3CCC4C(C)(C)C(OC)CCC4(C)C3CCC12C.[Y]. The van der Waals surface area contributed by atoms with Crippen LogP contribution in [0.15, 0.2) is 0 Å². The van der Waals surface area contributed by atoms with Crippen molar-refractivity contribution >= 4 is 0 Å². The van der Waals surface area contributed by atoms with Gasteiger partial charge < -0.3 is 11.7 Å². The van der Waals surface area contributed by atoms with E-state index in [9.17, 15) is 0 Å². The first-order chi connectivity index (χ1) is 12.2. The summed E-state index contributed by atoms with van der Waals surface area (Å²) < 4.78 is 5.96. The summed E-state index contributed by atoms with van der Waals surface area (Å²) in [6.07, 6.45) is 11.9. The van der Waals surface area contributed by atoms with Crippen LogP contribution in [0.3, 0.4) is 0 Å². The van der Waals surface area contributed by atoms with Gasteiger partial charge in [0.05, 0.1) is 6.10 Å². The molecule has 0 aliphatic heterocycles. The summed E-state index contributed by atoms with van der Waals surface area (Å²) >= 11 is 0. The second kappa shape index (κ2) is 7.64. The van der Waals surface area contributed by atoms with Crippen molar-refractivity contribution in [3.8, 4) is 0 Å². The molecule has 9 unspecified atom stereocenters. The first-order valence-electron chi connectivity index (χ1n) is 11.5. The van der Waals surface area contributed by atoms with E-state index in [2.05, 4.69) is 41.5 Å². The molecule has 4 saturated carbocycles. The minimum Gasteiger partial charge on any atom is -0.381 e. The normalized spacial score (nSPS) is 52.1. The topological polar surface area (TPSA) is 9.23 Å². The van der Waals surface area contributed by atoms with Crippen LogP contribution < -0.4 is 0 Å². The molecule has 1 radical (unpaired) electrons. The predicted octanol–water partition coefficient (Wildman–Crippen LogP) is 6.76. The molecule has 4 rings (SSSR count). The number of hydrogen-bond donors (Lipinski definition) is 0. The Bertz CT molecular complexity index is 542. The molecule has 0 spiro atoms. The van der Waals surface area contributed by atoms with E-state index in [-0.39, 0.29) is 32.7 Å². The van der Waals surface area contributed by atoms with Gasteiger partial charge in [0.2, 0.25) is 0 Å². The first-order valence-corrected chi connectivity index (χ1v) is 11.5. The van der Waals surface area contributed by atoms with Crippen molar-refractivity contribution in [3.05, 3.63) is 6.92 Å². The molecular weight excluding hydrogens is 405 g/mol. The second-order valence-corrected chi connectivity index (χ2v) is 11.8. The average Bonchev–Trinajstić information content (AvgIpc) is 2.92. The molecule has 0 bridgehead atoms. The number of methoxy groups -OCH3 is 1. The number of fused-ring (bicyclic) bond motifs is 5. The quantitative estimate of drug-likeness (QED) is 0.424. The molecule has 0 amide bonds. The molecule has 0 heterocycles. The second-order valence-electron chi connectivity index (χ2n) is 11.8. The van der Waals surface area contributed by atoms with Crippen LogP contribution in [0.1, 0.15) is 86.0 Å². The maximum atomic E-state index is 5.96. The van der Waals surface area contributed by atoms with E-state index < -0.39 is 0 Å². The molecule has 0 N–H and O–H groups in total. The summed E-state index contributed by atoms with van der Waals surface area (Å²) in [6, 6.07) is 0. The third-order valence-corrected chi connectivity index (χ3v) is 10.6.